The second-order valence-electron chi connectivity index (χ2n) is 6.21. The van der Waals surface area contributed by atoms with E-state index in [9.17, 15) is 4.79 Å². The molecule has 0 fully saturated rings. The van der Waals surface area contributed by atoms with Crippen LogP contribution in [0.3, 0.4) is 0 Å². The van der Waals surface area contributed by atoms with Crippen molar-refractivity contribution in [1.82, 2.24) is 0 Å². The van der Waals surface area contributed by atoms with E-state index in [0.717, 1.165) is 24.2 Å². The molecule has 3 N–H and O–H groups in total. The third-order valence-electron chi connectivity index (χ3n) is 3.72. The summed E-state index contributed by atoms with van der Waals surface area (Å²) in [4.78, 5) is 10.9. The summed E-state index contributed by atoms with van der Waals surface area (Å²) in [5.74, 6) is 0.431. The predicted octanol–water partition coefficient (Wildman–Crippen LogP) is 3.47. The zero-order chi connectivity index (χ0) is 16.0. The molecular weight excluding hydrogens is 266 g/mol. The molecule has 0 aliphatic heterocycles. The number of benzene rings is 1. The number of ether oxygens (including phenoxy) is 1. The lowest BCUT2D eigenvalue weighted by Crippen LogP contribution is -2.44. The van der Waals surface area contributed by atoms with E-state index >= 15 is 0 Å². The van der Waals surface area contributed by atoms with Gasteiger partial charge in [0.15, 0.2) is 0 Å². The lowest BCUT2D eigenvalue weighted by atomic mass is 9.96. The monoisotopic (exact) mass is 293 g/mol. The summed E-state index contributed by atoms with van der Waals surface area (Å²) in [7, 11) is 0. The molecule has 0 spiro atoms. The van der Waals surface area contributed by atoms with Gasteiger partial charge in [-0.2, -0.15) is 0 Å². The van der Waals surface area contributed by atoms with Crippen LogP contribution in [0.25, 0.3) is 0 Å². The molecule has 4 heteroatoms. The fourth-order valence-electron chi connectivity index (χ4n) is 2.01. The SMILES string of the molecule is Cc1ccc(C(C)C)cc1OCCCCC(C)(N)C(=O)O. The largest absolute Gasteiger partial charge is 0.493 e. The van der Waals surface area contributed by atoms with Crippen LogP contribution in [0.15, 0.2) is 18.2 Å². The number of carbonyl (C=O) groups is 1. The van der Waals surface area contributed by atoms with Crippen molar-refractivity contribution >= 4 is 5.97 Å². The number of hydrogen-bond acceptors (Lipinski definition) is 3. The summed E-state index contributed by atoms with van der Waals surface area (Å²) >= 11 is 0. The number of unbranched alkanes of at least 4 members (excludes halogenated alkanes) is 1. The topological polar surface area (TPSA) is 72.5 Å². The number of rotatable bonds is 8. The number of aryl methyl sites for hydroxylation is 1. The predicted molar refractivity (Wildman–Crippen MR) is 84.8 cm³/mol. The molecule has 1 unspecified atom stereocenters. The first-order chi connectivity index (χ1) is 9.74. The molecule has 0 amide bonds. The van der Waals surface area contributed by atoms with Gasteiger partial charge in [0.2, 0.25) is 0 Å². The highest BCUT2D eigenvalue weighted by atomic mass is 16.5. The summed E-state index contributed by atoms with van der Waals surface area (Å²) in [6.07, 6.45) is 1.99. The second-order valence-corrected chi connectivity index (χ2v) is 6.21. The molecule has 0 aliphatic carbocycles. The van der Waals surface area contributed by atoms with E-state index in [0.29, 0.717) is 18.9 Å². The molecule has 0 saturated heterocycles. The van der Waals surface area contributed by atoms with Gasteiger partial charge in [0.05, 0.1) is 6.61 Å². The first kappa shape index (κ1) is 17.5. The maximum absolute atomic E-state index is 10.9. The van der Waals surface area contributed by atoms with Gasteiger partial charge >= 0.3 is 5.97 Å². The smallest absolute Gasteiger partial charge is 0.323 e. The Morgan fingerprint density at radius 3 is 2.62 bits per heavy atom. The van der Waals surface area contributed by atoms with Crippen LogP contribution in [-0.2, 0) is 4.79 Å². The lowest BCUT2D eigenvalue weighted by Gasteiger charge is -2.18. The molecule has 1 aromatic rings. The van der Waals surface area contributed by atoms with Gasteiger partial charge in [0.1, 0.15) is 11.3 Å². The Labute approximate surface area is 127 Å². The maximum Gasteiger partial charge on any atom is 0.323 e. The second kappa shape index (κ2) is 7.46. The molecular formula is C17H27NO3. The summed E-state index contributed by atoms with van der Waals surface area (Å²) in [5.41, 5.74) is 6.92. The Morgan fingerprint density at radius 1 is 1.38 bits per heavy atom. The van der Waals surface area contributed by atoms with Gasteiger partial charge < -0.3 is 15.6 Å². The minimum atomic E-state index is -1.15. The Bertz CT molecular complexity index is 481. The number of carboxylic acids is 1. The Hall–Kier alpha value is -1.55. The molecule has 1 atom stereocenters. The standard InChI is InChI=1S/C17H27NO3/c1-12(2)14-8-7-13(3)15(11-14)21-10-6-5-9-17(4,18)16(19)20/h7-8,11-12H,5-6,9-10,18H2,1-4H3,(H,19,20). The van der Waals surface area contributed by atoms with E-state index in [2.05, 4.69) is 32.0 Å². The normalized spacial score (nSPS) is 14.0. The van der Waals surface area contributed by atoms with Crippen LogP contribution in [0.5, 0.6) is 5.75 Å². The third kappa shape index (κ3) is 5.38. The van der Waals surface area contributed by atoms with Crippen molar-refractivity contribution in [1.29, 1.82) is 0 Å². The van der Waals surface area contributed by atoms with Crippen molar-refractivity contribution in [2.24, 2.45) is 5.73 Å². The minimum Gasteiger partial charge on any atom is -0.493 e. The highest BCUT2D eigenvalue weighted by Crippen LogP contribution is 2.24. The van der Waals surface area contributed by atoms with Crippen LogP contribution < -0.4 is 10.5 Å². The molecule has 1 rings (SSSR count). The quantitative estimate of drug-likeness (QED) is 0.720. The number of aliphatic carboxylic acids is 1. The van der Waals surface area contributed by atoms with E-state index in [1.54, 1.807) is 6.92 Å². The van der Waals surface area contributed by atoms with E-state index < -0.39 is 11.5 Å². The number of carboxylic acid groups (broad SMARTS) is 1. The number of hydrogen-bond donors (Lipinski definition) is 2. The van der Waals surface area contributed by atoms with Crippen molar-refractivity contribution in [2.45, 2.75) is 58.4 Å². The molecule has 118 valence electrons. The van der Waals surface area contributed by atoms with Crippen LogP contribution >= 0.6 is 0 Å². The maximum atomic E-state index is 10.9. The van der Waals surface area contributed by atoms with Crippen molar-refractivity contribution in [2.75, 3.05) is 6.61 Å². The van der Waals surface area contributed by atoms with Crippen molar-refractivity contribution in [3.8, 4) is 5.75 Å². The molecule has 0 aromatic heterocycles. The number of nitrogens with two attached hydrogens (primary N) is 1. The summed E-state index contributed by atoms with van der Waals surface area (Å²) in [6, 6.07) is 6.29. The van der Waals surface area contributed by atoms with Crippen molar-refractivity contribution < 1.29 is 14.6 Å². The zero-order valence-corrected chi connectivity index (χ0v) is 13.5. The summed E-state index contributed by atoms with van der Waals surface area (Å²) < 4.78 is 5.81. The van der Waals surface area contributed by atoms with E-state index in [4.69, 9.17) is 15.6 Å². The van der Waals surface area contributed by atoms with Crippen LogP contribution in [0.1, 0.15) is 57.1 Å². The highest BCUT2D eigenvalue weighted by Gasteiger charge is 2.26. The van der Waals surface area contributed by atoms with Gasteiger partial charge in [-0.3, -0.25) is 4.79 Å². The van der Waals surface area contributed by atoms with Crippen molar-refractivity contribution in [3.63, 3.8) is 0 Å². The van der Waals surface area contributed by atoms with Gasteiger partial charge in [-0.05, 0) is 56.2 Å². The third-order valence-corrected chi connectivity index (χ3v) is 3.72. The Morgan fingerprint density at radius 2 is 2.05 bits per heavy atom. The fraction of sp³-hybridized carbons (Fsp3) is 0.588. The first-order valence-electron chi connectivity index (χ1n) is 7.49. The van der Waals surface area contributed by atoms with Gasteiger partial charge in [0.25, 0.3) is 0 Å². The average Bonchev–Trinajstić information content (AvgIpc) is 2.39. The van der Waals surface area contributed by atoms with Crippen molar-refractivity contribution in [3.05, 3.63) is 29.3 Å². The molecule has 4 nitrogen and oxygen atoms in total. The van der Waals surface area contributed by atoms with Crippen LogP contribution in [0, 0.1) is 6.92 Å². The average molecular weight is 293 g/mol. The van der Waals surface area contributed by atoms with E-state index in [1.165, 1.54) is 5.56 Å². The van der Waals surface area contributed by atoms with Gasteiger partial charge in [0, 0.05) is 0 Å². The minimum absolute atomic E-state index is 0.455. The molecule has 0 heterocycles. The lowest BCUT2D eigenvalue weighted by molar-refractivity contribution is -0.142. The first-order valence-corrected chi connectivity index (χ1v) is 7.49. The molecule has 0 bridgehead atoms. The van der Waals surface area contributed by atoms with Crippen LogP contribution in [0.2, 0.25) is 0 Å². The summed E-state index contributed by atoms with van der Waals surface area (Å²) in [5, 5.41) is 8.94. The van der Waals surface area contributed by atoms with Crippen LogP contribution in [-0.4, -0.2) is 23.2 Å². The van der Waals surface area contributed by atoms with Gasteiger partial charge in [-0.15, -0.1) is 0 Å². The zero-order valence-electron chi connectivity index (χ0n) is 13.5. The van der Waals surface area contributed by atoms with Gasteiger partial charge in [-0.1, -0.05) is 26.0 Å². The molecule has 0 aliphatic rings. The van der Waals surface area contributed by atoms with E-state index in [1.807, 2.05) is 6.92 Å². The molecule has 0 radical (unpaired) electrons. The Balaban J connectivity index is 2.43. The molecule has 1 aromatic carbocycles. The summed E-state index contributed by atoms with van der Waals surface area (Å²) in [6.45, 7) is 8.47. The Kier molecular flexibility index (Phi) is 6.21. The highest BCUT2D eigenvalue weighted by molar-refractivity contribution is 5.77. The molecule has 21 heavy (non-hydrogen) atoms. The molecule has 0 saturated carbocycles. The van der Waals surface area contributed by atoms with E-state index in [-0.39, 0.29) is 0 Å². The fourth-order valence-corrected chi connectivity index (χ4v) is 2.01. The van der Waals surface area contributed by atoms with Gasteiger partial charge in [-0.25, -0.2) is 0 Å². The van der Waals surface area contributed by atoms with Crippen LogP contribution in [0.4, 0.5) is 0 Å².